The van der Waals surface area contributed by atoms with Gasteiger partial charge in [0.15, 0.2) is 11.5 Å². The lowest BCUT2D eigenvalue weighted by molar-refractivity contribution is -0.599. The predicted molar refractivity (Wildman–Crippen MR) is 200 cm³/mol. The highest BCUT2D eigenvalue weighted by atomic mass is 15.3. The highest BCUT2D eigenvalue weighted by Crippen LogP contribution is 2.42. The van der Waals surface area contributed by atoms with Gasteiger partial charge in [-0.25, -0.2) is 4.99 Å². The Balaban J connectivity index is 1.10. The molecule has 236 valence electrons. The number of allylic oxidation sites excluding steroid dienone is 5. The summed E-state index contributed by atoms with van der Waals surface area (Å²) < 4.78 is 2.42. The zero-order valence-electron chi connectivity index (χ0n) is 26.9. The van der Waals surface area contributed by atoms with Crippen LogP contribution in [-0.4, -0.2) is 23.5 Å². The van der Waals surface area contributed by atoms with Crippen molar-refractivity contribution in [2.45, 2.75) is 18.6 Å². The third-order valence-electron chi connectivity index (χ3n) is 10.6. The normalized spacial score (nSPS) is 21.0. The van der Waals surface area contributed by atoms with Crippen molar-refractivity contribution in [1.29, 1.82) is 5.41 Å². The van der Waals surface area contributed by atoms with E-state index in [2.05, 4.69) is 148 Å². The van der Waals surface area contributed by atoms with E-state index < -0.39 is 0 Å². The Bertz CT molecular complexity index is 2530. The Kier molecular flexibility index (Phi) is 6.41. The van der Waals surface area contributed by atoms with E-state index in [9.17, 15) is 0 Å². The molecule has 5 aromatic carbocycles. The second-order valence-electron chi connectivity index (χ2n) is 13.4. The van der Waals surface area contributed by atoms with Gasteiger partial charge in [-0.2, -0.15) is 0 Å². The van der Waals surface area contributed by atoms with Gasteiger partial charge in [-0.15, -0.1) is 0 Å². The largest absolute Gasteiger partial charge is 0.346 e. The van der Waals surface area contributed by atoms with Crippen LogP contribution >= 0.6 is 0 Å². The standard InChI is InChI=1S/C43H34N6/c44-25-34-20-33(42-47-40(41-43(48-42)46-18-17-45-41)32-14-13-26-7-1-2-8-27(26)19-32)15-16-37(34)49-38-23-30-11-5-3-9-28(30)21-35(38)36-22-29-10-4-6-12-31(29)24-39(36)49/h1-16,18-23,25,31,40,42,44-45,47-48H,17,24H2/p+1. The molecule has 5 N–H and O–H groups in total. The number of hydrogen-bond acceptors (Lipinski definition) is 4. The van der Waals surface area contributed by atoms with Crippen molar-refractivity contribution in [3.05, 3.63) is 166 Å². The van der Waals surface area contributed by atoms with Gasteiger partial charge in [0.05, 0.1) is 17.4 Å². The number of quaternary nitrogens is 1. The molecule has 3 unspecified atom stereocenters. The first kappa shape index (κ1) is 28.2. The van der Waals surface area contributed by atoms with Gasteiger partial charge < -0.3 is 20.6 Å². The molecule has 0 bridgehead atoms. The lowest BCUT2D eigenvalue weighted by atomic mass is 9.83. The summed E-state index contributed by atoms with van der Waals surface area (Å²) in [6, 6.07) is 35.1. The van der Waals surface area contributed by atoms with Gasteiger partial charge >= 0.3 is 0 Å². The molecule has 10 rings (SSSR count). The summed E-state index contributed by atoms with van der Waals surface area (Å²) in [4.78, 5) is 4.81. The molecule has 4 aliphatic rings. The fourth-order valence-corrected chi connectivity index (χ4v) is 8.22. The van der Waals surface area contributed by atoms with Crippen molar-refractivity contribution in [2.75, 3.05) is 6.54 Å². The van der Waals surface area contributed by atoms with Crippen LogP contribution in [0, 0.1) is 11.3 Å². The zero-order valence-corrected chi connectivity index (χ0v) is 26.9. The Morgan fingerprint density at radius 3 is 2.49 bits per heavy atom. The molecule has 6 nitrogen and oxygen atoms in total. The molecule has 2 aliphatic carbocycles. The van der Waals surface area contributed by atoms with Crippen molar-refractivity contribution in [3.63, 3.8) is 0 Å². The summed E-state index contributed by atoms with van der Waals surface area (Å²) in [6.45, 7) is 0.817. The van der Waals surface area contributed by atoms with E-state index in [4.69, 9.17) is 10.4 Å². The van der Waals surface area contributed by atoms with Gasteiger partial charge in [-0.1, -0.05) is 91.0 Å². The van der Waals surface area contributed by atoms with Crippen LogP contribution in [0.15, 0.2) is 143 Å². The number of nitrogens with one attached hydrogen (secondary N) is 3. The maximum Gasteiger partial charge on any atom is 0.187 e. The van der Waals surface area contributed by atoms with E-state index in [1.807, 2.05) is 6.21 Å². The third kappa shape index (κ3) is 4.56. The van der Waals surface area contributed by atoms with E-state index >= 15 is 0 Å². The number of fused-ring (bicyclic) bond motifs is 6. The molecule has 0 saturated carbocycles. The number of hydrogen-bond donors (Lipinski definition) is 4. The number of nitrogens with zero attached hydrogens (tertiary/aromatic N) is 2. The molecule has 0 amide bonds. The molecular weight excluding hydrogens is 601 g/mol. The van der Waals surface area contributed by atoms with Gasteiger partial charge in [-0.05, 0) is 81.1 Å². The summed E-state index contributed by atoms with van der Waals surface area (Å²) in [5.74, 6) is 1.25. The second kappa shape index (κ2) is 11.1. The zero-order chi connectivity index (χ0) is 32.5. The van der Waals surface area contributed by atoms with Crippen LogP contribution in [0.3, 0.4) is 0 Å². The Labute approximate surface area is 284 Å². The molecule has 6 heteroatoms. The molecular formula is C43H35N6+. The summed E-state index contributed by atoms with van der Waals surface area (Å²) in [6.07, 6.45) is 15.5. The van der Waals surface area contributed by atoms with E-state index in [-0.39, 0.29) is 12.2 Å². The quantitative estimate of drug-likeness (QED) is 0.153. The van der Waals surface area contributed by atoms with Gasteiger partial charge in [0.25, 0.3) is 0 Å². The van der Waals surface area contributed by atoms with Crippen molar-refractivity contribution in [3.8, 4) is 5.69 Å². The molecule has 0 saturated heterocycles. The van der Waals surface area contributed by atoms with Crippen LogP contribution in [0.5, 0.6) is 0 Å². The topological polar surface area (TPSA) is 81.8 Å². The first-order valence-electron chi connectivity index (χ1n) is 17.1. The maximum absolute atomic E-state index is 8.67. The van der Waals surface area contributed by atoms with E-state index in [1.165, 1.54) is 66.8 Å². The van der Waals surface area contributed by atoms with Gasteiger partial charge in [-0.3, -0.25) is 5.32 Å². The fourth-order valence-electron chi connectivity index (χ4n) is 8.22. The van der Waals surface area contributed by atoms with Gasteiger partial charge in [0, 0.05) is 34.3 Å². The summed E-state index contributed by atoms with van der Waals surface area (Å²) in [5, 5.41) is 24.7. The predicted octanol–water partition coefficient (Wildman–Crippen LogP) is 7.37. The SMILES string of the molecule is N=Cc1cc(C2NC3=C([NH2+]CC=N3)C(c3ccc4ccccc4c3)N2)ccc1-n1c2c(c3cc4ccccc4cc31)C=C1C=CC=CC1C2. The second-order valence-corrected chi connectivity index (χ2v) is 13.4. The summed E-state index contributed by atoms with van der Waals surface area (Å²) >= 11 is 0. The molecule has 3 atom stereocenters. The minimum absolute atomic E-state index is 0.0151. The first-order valence-corrected chi connectivity index (χ1v) is 17.1. The van der Waals surface area contributed by atoms with Gasteiger partial charge in [0.1, 0.15) is 18.8 Å². The number of nitrogens with two attached hydrogens (primary N) is 1. The Hall–Kier alpha value is -5.82. The minimum atomic E-state index is -0.185. The number of benzene rings is 5. The van der Waals surface area contributed by atoms with Gasteiger partial charge in [0.2, 0.25) is 0 Å². The minimum Gasteiger partial charge on any atom is -0.346 e. The van der Waals surface area contributed by atoms with E-state index in [0.717, 1.165) is 35.6 Å². The smallest absolute Gasteiger partial charge is 0.187 e. The highest BCUT2D eigenvalue weighted by Gasteiger charge is 2.35. The van der Waals surface area contributed by atoms with Crippen LogP contribution in [0.25, 0.3) is 44.2 Å². The lowest BCUT2D eigenvalue weighted by Crippen LogP contribution is -2.86. The molecule has 1 aromatic heterocycles. The van der Waals surface area contributed by atoms with Crippen LogP contribution in [0.1, 0.15) is 40.2 Å². The molecule has 0 fully saturated rings. The summed E-state index contributed by atoms with van der Waals surface area (Å²) in [5.41, 5.74) is 10.5. The van der Waals surface area contributed by atoms with Crippen LogP contribution in [0.4, 0.5) is 0 Å². The average Bonchev–Trinajstić information content (AvgIpc) is 3.46. The van der Waals surface area contributed by atoms with E-state index in [1.54, 1.807) is 0 Å². The van der Waals surface area contributed by atoms with E-state index in [0.29, 0.717) is 5.92 Å². The summed E-state index contributed by atoms with van der Waals surface area (Å²) in [7, 11) is 0. The average molecular weight is 636 g/mol. The highest BCUT2D eigenvalue weighted by molar-refractivity contribution is 6.04. The van der Waals surface area contributed by atoms with Crippen molar-refractivity contribution in [1.82, 2.24) is 15.2 Å². The van der Waals surface area contributed by atoms with Crippen molar-refractivity contribution >= 4 is 51.0 Å². The molecule has 0 radical (unpaired) electrons. The first-order chi connectivity index (χ1) is 24.2. The molecule has 6 aromatic rings. The number of aliphatic imine (C=N–C) groups is 1. The molecule has 3 heterocycles. The molecule has 2 aliphatic heterocycles. The number of rotatable bonds is 4. The van der Waals surface area contributed by atoms with Crippen LogP contribution in [-0.2, 0) is 6.42 Å². The van der Waals surface area contributed by atoms with Crippen molar-refractivity contribution < 1.29 is 5.32 Å². The third-order valence-corrected chi connectivity index (χ3v) is 10.6. The maximum atomic E-state index is 8.67. The van der Waals surface area contributed by atoms with Crippen LogP contribution < -0.4 is 16.0 Å². The number of aromatic nitrogens is 1. The van der Waals surface area contributed by atoms with Crippen LogP contribution in [0.2, 0.25) is 0 Å². The lowest BCUT2D eigenvalue weighted by Gasteiger charge is -2.35. The van der Waals surface area contributed by atoms with Crippen molar-refractivity contribution in [2.24, 2.45) is 10.9 Å². The molecule has 49 heavy (non-hydrogen) atoms. The Morgan fingerprint density at radius 1 is 0.837 bits per heavy atom. The fraction of sp³-hybridized carbons (Fsp3) is 0.116. The Morgan fingerprint density at radius 2 is 1.63 bits per heavy atom. The monoisotopic (exact) mass is 635 g/mol. The molecule has 0 spiro atoms.